The van der Waals surface area contributed by atoms with Crippen LogP contribution in [0.1, 0.15) is 18.9 Å². The molecule has 0 fully saturated rings. The number of para-hydroxylation sites is 1. The van der Waals surface area contributed by atoms with Crippen molar-refractivity contribution in [1.82, 2.24) is 0 Å². The summed E-state index contributed by atoms with van der Waals surface area (Å²) in [7, 11) is -3.11. The van der Waals surface area contributed by atoms with E-state index in [1.807, 2.05) is 31.2 Å². The quantitative estimate of drug-likeness (QED) is 0.857. The number of carboxylic acid groups (broad SMARTS) is 1. The normalized spacial score (nSPS) is 18.1. The van der Waals surface area contributed by atoms with Crippen molar-refractivity contribution in [2.75, 3.05) is 23.0 Å². The first kappa shape index (κ1) is 14.8. The Balaban J connectivity index is 2.17. The van der Waals surface area contributed by atoms with E-state index in [0.29, 0.717) is 12.8 Å². The summed E-state index contributed by atoms with van der Waals surface area (Å²) in [5.41, 5.74) is 1.80. The van der Waals surface area contributed by atoms with Crippen molar-refractivity contribution >= 4 is 21.5 Å². The molecule has 1 aliphatic rings. The lowest BCUT2D eigenvalue weighted by Gasteiger charge is -2.24. The smallest absolute Gasteiger partial charge is 0.326 e. The summed E-state index contributed by atoms with van der Waals surface area (Å²) in [5.74, 6) is -0.756. The SMILES string of the molecule is CCCS(=O)(=O)CCN1c2ccccc2CC1C(=O)O. The average Bonchev–Trinajstić information content (AvgIpc) is 2.75. The molecule has 1 heterocycles. The van der Waals surface area contributed by atoms with Crippen molar-refractivity contribution in [3.05, 3.63) is 29.8 Å². The van der Waals surface area contributed by atoms with E-state index in [1.54, 1.807) is 4.90 Å². The fraction of sp³-hybridized carbons (Fsp3) is 0.500. The van der Waals surface area contributed by atoms with Crippen LogP contribution in [0.3, 0.4) is 0 Å². The molecule has 0 bridgehead atoms. The molecule has 0 aliphatic carbocycles. The molecular weight excluding hydrogens is 278 g/mol. The van der Waals surface area contributed by atoms with E-state index in [1.165, 1.54) is 0 Å². The van der Waals surface area contributed by atoms with Crippen LogP contribution in [0.5, 0.6) is 0 Å². The van der Waals surface area contributed by atoms with Crippen molar-refractivity contribution < 1.29 is 18.3 Å². The van der Waals surface area contributed by atoms with Gasteiger partial charge in [0.25, 0.3) is 0 Å². The molecule has 0 saturated heterocycles. The number of anilines is 1. The third-order valence-electron chi connectivity index (χ3n) is 3.53. The lowest BCUT2D eigenvalue weighted by molar-refractivity contribution is -0.138. The highest BCUT2D eigenvalue weighted by molar-refractivity contribution is 7.91. The Bertz CT molecular complexity index is 597. The third-order valence-corrected chi connectivity index (χ3v) is 5.37. The zero-order valence-electron chi connectivity index (χ0n) is 11.4. The lowest BCUT2D eigenvalue weighted by atomic mass is 10.1. The minimum absolute atomic E-state index is 0.00104. The number of rotatable bonds is 6. The number of sulfone groups is 1. The number of aliphatic carboxylic acids is 1. The predicted molar refractivity (Wildman–Crippen MR) is 77.9 cm³/mol. The van der Waals surface area contributed by atoms with Crippen LogP contribution in [-0.4, -0.2) is 43.6 Å². The molecule has 1 aromatic rings. The topological polar surface area (TPSA) is 74.7 Å². The van der Waals surface area contributed by atoms with Gasteiger partial charge in [0.05, 0.1) is 5.75 Å². The first-order valence-electron chi connectivity index (χ1n) is 6.72. The van der Waals surface area contributed by atoms with Crippen LogP contribution in [0, 0.1) is 0 Å². The molecule has 1 N–H and O–H groups in total. The molecule has 1 unspecified atom stereocenters. The van der Waals surface area contributed by atoms with Crippen molar-refractivity contribution in [3.8, 4) is 0 Å². The van der Waals surface area contributed by atoms with Gasteiger partial charge in [-0.15, -0.1) is 0 Å². The molecule has 1 aliphatic heterocycles. The summed E-state index contributed by atoms with van der Waals surface area (Å²) >= 11 is 0. The highest BCUT2D eigenvalue weighted by Gasteiger charge is 2.34. The number of hydrogen-bond donors (Lipinski definition) is 1. The predicted octanol–water partition coefficient (Wildman–Crippen LogP) is 1.33. The molecule has 5 nitrogen and oxygen atoms in total. The first-order valence-corrected chi connectivity index (χ1v) is 8.54. The fourth-order valence-electron chi connectivity index (χ4n) is 2.60. The van der Waals surface area contributed by atoms with E-state index in [4.69, 9.17) is 0 Å². The largest absolute Gasteiger partial charge is 0.480 e. The molecule has 1 aromatic carbocycles. The highest BCUT2D eigenvalue weighted by Crippen LogP contribution is 2.31. The molecular formula is C14H19NO4S. The maximum atomic E-state index is 11.8. The number of nitrogens with zero attached hydrogens (tertiary/aromatic N) is 1. The second-order valence-electron chi connectivity index (χ2n) is 5.03. The standard InChI is InChI=1S/C14H19NO4S/c1-2-8-20(18,19)9-7-15-12-6-4-3-5-11(12)10-13(15)14(16)17/h3-6,13H,2,7-10H2,1H3,(H,16,17). The Kier molecular flexibility index (Phi) is 4.32. The average molecular weight is 297 g/mol. The van der Waals surface area contributed by atoms with Gasteiger partial charge in [0.1, 0.15) is 6.04 Å². The van der Waals surface area contributed by atoms with Gasteiger partial charge in [-0.25, -0.2) is 13.2 Å². The molecule has 0 radical (unpaired) electrons. The van der Waals surface area contributed by atoms with Crippen molar-refractivity contribution in [2.24, 2.45) is 0 Å². The summed E-state index contributed by atoms with van der Waals surface area (Å²) in [6.45, 7) is 2.05. The fourth-order valence-corrected chi connectivity index (χ4v) is 3.90. The second-order valence-corrected chi connectivity index (χ2v) is 7.34. The maximum Gasteiger partial charge on any atom is 0.326 e. The van der Waals surface area contributed by atoms with Gasteiger partial charge in [-0.1, -0.05) is 25.1 Å². The Morgan fingerprint density at radius 1 is 1.35 bits per heavy atom. The van der Waals surface area contributed by atoms with Crippen LogP contribution in [0.2, 0.25) is 0 Å². The Morgan fingerprint density at radius 3 is 2.70 bits per heavy atom. The third kappa shape index (κ3) is 3.12. The zero-order chi connectivity index (χ0) is 14.8. The minimum atomic E-state index is -3.11. The molecule has 0 saturated carbocycles. The summed E-state index contributed by atoms with van der Waals surface area (Å²) in [6, 6.07) is 6.80. The molecule has 0 spiro atoms. The first-order chi connectivity index (χ1) is 9.44. The Morgan fingerprint density at radius 2 is 2.05 bits per heavy atom. The van der Waals surface area contributed by atoms with Gasteiger partial charge in [0.15, 0.2) is 9.84 Å². The Hall–Kier alpha value is -1.56. The van der Waals surface area contributed by atoms with Crippen LogP contribution in [0.15, 0.2) is 24.3 Å². The maximum absolute atomic E-state index is 11.8. The lowest BCUT2D eigenvalue weighted by Crippen LogP contribution is -2.41. The zero-order valence-corrected chi connectivity index (χ0v) is 12.3. The molecule has 20 heavy (non-hydrogen) atoms. The summed E-state index contributed by atoms with van der Waals surface area (Å²) in [5, 5.41) is 9.30. The molecule has 110 valence electrons. The van der Waals surface area contributed by atoms with Gasteiger partial charge in [0.2, 0.25) is 0 Å². The van der Waals surface area contributed by atoms with Crippen LogP contribution in [0.4, 0.5) is 5.69 Å². The van der Waals surface area contributed by atoms with Crippen LogP contribution >= 0.6 is 0 Å². The van der Waals surface area contributed by atoms with E-state index < -0.39 is 21.8 Å². The Labute approximate surface area is 119 Å². The van der Waals surface area contributed by atoms with E-state index in [-0.39, 0.29) is 18.1 Å². The second kappa shape index (κ2) is 5.83. The monoisotopic (exact) mass is 297 g/mol. The summed E-state index contributed by atoms with van der Waals surface area (Å²) in [6.07, 6.45) is 1.01. The van der Waals surface area contributed by atoms with E-state index in [0.717, 1.165) is 11.3 Å². The molecule has 0 aromatic heterocycles. The van der Waals surface area contributed by atoms with E-state index in [2.05, 4.69) is 0 Å². The van der Waals surface area contributed by atoms with Gasteiger partial charge in [-0.3, -0.25) is 0 Å². The number of hydrogen-bond acceptors (Lipinski definition) is 4. The van der Waals surface area contributed by atoms with E-state index >= 15 is 0 Å². The summed E-state index contributed by atoms with van der Waals surface area (Å²) < 4.78 is 23.6. The molecule has 2 rings (SSSR count). The minimum Gasteiger partial charge on any atom is -0.480 e. The summed E-state index contributed by atoms with van der Waals surface area (Å²) in [4.78, 5) is 13.0. The van der Waals surface area contributed by atoms with E-state index in [9.17, 15) is 18.3 Å². The number of benzene rings is 1. The molecule has 0 amide bonds. The van der Waals surface area contributed by atoms with Crippen LogP contribution in [-0.2, 0) is 21.1 Å². The van der Waals surface area contributed by atoms with Gasteiger partial charge in [-0.2, -0.15) is 0 Å². The van der Waals surface area contributed by atoms with Crippen molar-refractivity contribution in [1.29, 1.82) is 0 Å². The van der Waals surface area contributed by atoms with Crippen molar-refractivity contribution in [2.45, 2.75) is 25.8 Å². The van der Waals surface area contributed by atoms with Gasteiger partial charge >= 0.3 is 5.97 Å². The van der Waals surface area contributed by atoms with Crippen LogP contribution < -0.4 is 4.90 Å². The van der Waals surface area contributed by atoms with Crippen molar-refractivity contribution in [3.63, 3.8) is 0 Å². The van der Waals surface area contributed by atoms with Gasteiger partial charge in [-0.05, 0) is 18.1 Å². The molecule has 6 heteroatoms. The van der Waals surface area contributed by atoms with Gasteiger partial charge < -0.3 is 10.0 Å². The van der Waals surface area contributed by atoms with Crippen LogP contribution in [0.25, 0.3) is 0 Å². The number of carbonyl (C=O) groups is 1. The highest BCUT2D eigenvalue weighted by atomic mass is 32.2. The number of fused-ring (bicyclic) bond motifs is 1. The number of carboxylic acids is 1. The van der Waals surface area contributed by atoms with Gasteiger partial charge in [0, 0.05) is 24.4 Å². The molecule has 1 atom stereocenters.